The van der Waals surface area contributed by atoms with E-state index in [0.717, 1.165) is 20.3 Å². The predicted molar refractivity (Wildman–Crippen MR) is 102 cm³/mol. The molecule has 0 aliphatic carbocycles. The maximum atomic E-state index is 12.2. The van der Waals surface area contributed by atoms with Crippen LogP contribution in [0.1, 0.15) is 22.8 Å². The van der Waals surface area contributed by atoms with Crippen molar-refractivity contribution in [3.8, 4) is 0 Å². The summed E-state index contributed by atoms with van der Waals surface area (Å²) in [7, 11) is 0. The molecule has 2 aromatic carbocycles. The Bertz CT molecular complexity index is 922. The van der Waals surface area contributed by atoms with Crippen molar-refractivity contribution >= 4 is 54.5 Å². The maximum Gasteiger partial charge on any atom is 0.338 e. The summed E-state index contributed by atoms with van der Waals surface area (Å²) >= 11 is 4.70. The van der Waals surface area contributed by atoms with Crippen LogP contribution in [-0.4, -0.2) is 23.5 Å². The number of esters is 1. The first kappa shape index (κ1) is 17.6. The third kappa shape index (κ3) is 4.43. The second-order valence-corrected chi connectivity index (χ2v) is 7.22. The molecule has 1 N–H and O–H groups in total. The van der Waals surface area contributed by atoms with Crippen LogP contribution in [0.4, 0.5) is 5.13 Å². The number of ether oxygens (including phenoxy) is 1. The van der Waals surface area contributed by atoms with Gasteiger partial charge in [0.05, 0.1) is 28.8 Å². The second-order valence-electron chi connectivity index (χ2n) is 5.27. The number of thiazole rings is 1. The van der Waals surface area contributed by atoms with Crippen molar-refractivity contribution in [3.05, 3.63) is 58.1 Å². The van der Waals surface area contributed by atoms with Gasteiger partial charge in [-0.15, -0.1) is 0 Å². The van der Waals surface area contributed by atoms with E-state index in [1.165, 1.54) is 11.3 Å². The van der Waals surface area contributed by atoms with Gasteiger partial charge in [-0.1, -0.05) is 39.4 Å². The lowest BCUT2D eigenvalue weighted by Crippen LogP contribution is -2.14. The van der Waals surface area contributed by atoms with Crippen LogP contribution < -0.4 is 5.32 Å². The van der Waals surface area contributed by atoms with E-state index in [1.54, 1.807) is 25.1 Å². The molecule has 3 aromatic rings. The molecule has 0 fully saturated rings. The van der Waals surface area contributed by atoms with Gasteiger partial charge >= 0.3 is 5.97 Å². The Labute approximate surface area is 157 Å². The molecule has 0 atom stereocenters. The molecule has 25 heavy (non-hydrogen) atoms. The summed E-state index contributed by atoms with van der Waals surface area (Å²) in [5.74, 6) is -0.495. The van der Waals surface area contributed by atoms with Crippen molar-refractivity contribution in [3.63, 3.8) is 0 Å². The Morgan fingerprint density at radius 2 is 1.96 bits per heavy atom. The van der Waals surface area contributed by atoms with Gasteiger partial charge in [0.2, 0.25) is 5.91 Å². The minimum atomic E-state index is -0.362. The summed E-state index contributed by atoms with van der Waals surface area (Å²) in [4.78, 5) is 28.3. The fraction of sp³-hybridized carbons (Fsp3) is 0.167. The summed E-state index contributed by atoms with van der Waals surface area (Å²) in [5, 5.41) is 3.32. The summed E-state index contributed by atoms with van der Waals surface area (Å²) < 4.78 is 6.79. The molecule has 0 saturated carbocycles. The summed E-state index contributed by atoms with van der Waals surface area (Å²) in [6.45, 7) is 2.10. The number of fused-ring (bicyclic) bond motifs is 1. The highest BCUT2D eigenvalue weighted by Gasteiger charge is 2.12. The number of hydrogen-bond acceptors (Lipinski definition) is 5. The molecule has 0 radical (unpaired) electrons. The summed E-state index contributed by atoms with van der Waals surface area (Å²) in [6, 6.07) is 12.8. The minimum absolute atomic E-state index is 0.132. The molecule has 5 nitrogen and oxygen atoms in total. The van der Waals surface area contributed by atoms with Crippen molar-refractivity contribution in [2.75, 3.05) is 11.9 Å². The van der Waals surface area contributed by atoms with Crippen LogP contribution in [0.25, 0.3) is 10.2 Å². The third-order valence-corrected chi connectivity index (χ3v) is 4.89. The number of rotatable bonds is 5. The van der Waals surface area contributed by atoms with E-state index in [1.807, 2.05) is 24.3 Å². The standard InChI is InChI=1S/C18H15BrN2O3S/c1-2-24-17(23)12-5-8-14-15(10-12)25-18(20-14)21-16(22)9-11-3-6-13(19)7-4-11/h3-8,10H,2,9H2,1H3,(H,20,21,22). The molecule has 0 unspecified atom stereocenters. The summed E-state index contributed by atoms with van der Waals surface area (Å²) in [5.41, 5.74) is 2.13. The average molecular weight is 419 g/mol. The molecule has 0 saturated heterocycles. The van der Waals surface area contributed by atoms with Crippen molar-refractivity contribution < 1.29 is 14.3 Å². The van der Waals surface area contributed by atoms with Crippen molar-refractivity contribution in [1.82, 2.24) is 4.98 Å². The van der Waals surface area contributed by atoms with Gasteiger partial charge in [0.15, 0.2) is 5.13 Å². The van der Waals surface area contributed by atoms with Gasteiger partial charge in [0.1, 0.15) is 0 Å². The second kappa shape index (κ2) is 7.76. The number of nitrogens with zero attached hydrogens (tertiary/aromatic N) is 1. The van der Waals surface area contributed by atoms with Gasteiger partial charge in [-0.25, -0.2) is 9.78 Å². The Balaban J connectivity index is 1.72. The average Bonchev–Trinajstić information content (AvgIpc) is 2.98. The van der Waals surface area contributed by atoms with Crippen LogP contribution in [0.15, 0.2) is 46.9 Å². The van der Waals surface area contributed by atoms with Crippen molar-refractivity contribution in [2.24, 2.45) is 0 Å². The first-order valence-corrected chi connectivity index (χ1v) is 9.28. The number of aromatic nitrogens is 1. The minimum Gasteiger partial charge on any atom is -0.462 e. The maximum absolute atomic E-state index is 12.2. The number of anilines is 1. The van der Waals surface area contributed by atoms with Crippen LogP contribution >= 0.6 is 27.3 Å². The number of carbonyl (C=O) groups excluding carboxylic acids is 2. The topological polar surface area (TPSA) is 68.3 Å². The molecule has 128 valence electrons. The first-order chi connectivity index (χ1) is 12.0. The molecule has 7 heteroatoms. The fourth-order valence-corrected chi connectivity index (χ4v) is 3.46. The van der Waals surface area contributed by atoms with E-state index in [0.29, 0.717) is 17.3 Å². The number of carbonyl (C=O) groups is 2. The van der Waals surface area contributed by atoms with Gasteiger partial charge in [0, 0.05) is 4.47 Å². The normalized spacial score (nSPS) is 10.6. The van der Waals surface area contributed by atoms with E-state index < -0.39 is 0 Å². The molecule has 3 rings (SSSR count). The highest BCUT2D eigenvalue weighted by Crippen LogP contribution is 2.27. The molecule has 0 aliphatic heterocycles. The molecule has 0 bridgehead atoms. The smallest absolute Gasteiger partial charge is 0.338 e. The zero-order valence-electron chi connectivity index (χ0n) is 13.4. The summed E-state index contributed by atoms with van der Waals surface area (Å²) in [6.07, 6.45) is 0.275. The van der Waals surface area contributed by atoms with E-state index in [9.17, 15) is 9.59 Å². The zero-order chi connectivity index (χ0) is 17.8. The van der Waals surface area contributed by atoms with E-state index in [2.05, 4.69) is 26.2 Å². The monoisotopic (exact) mass is 418 g/mol. The van der Waals surface area contributed by atoms with Crippen LogP contribution in [-0.2, 0) is 16.0 Å². The highest BCUT2D eigenvalue weighted by atomic mass is 79.9. The lowest BCUT2D eigenvalue weighted by molar-refractivity contribution is -0.115. The molecule has 1 heterocycles. The van der Waals surface area contributed by atoms with Crippen LogP contribution in [0.5, 0.6) is 0 Å². The number of benzene rings is 2. The van der Waals surface area contributed by atoms with Crippen molar-refractivity contribution in [1.29, 1.82) is 0 Å². The number of nitrogens with one attached hydrogen (secondary N) is 1. The molecule has 0 spiro atoms. The Morgan fingerprint density at radius 3 is 2.68 bits per heavy atom. The number of hydrogen-bond donors (Lipinski definition) is 1. The molecular weight excluding hydrogens is 404 g/mol. The van der Waals surface area contributed by atoms with Crippen LogP contribution in [0, 0.1) is 0 Å². The highest BCUT2D eigenvalue weighted by molar-refractivity contribution is 9.10. The quantitative estimate of drug-likeness (QED) is 0.622. The van der Waals surface area contributed by atoms with Gasteiger partial charge < -0.3 is 10.1 Å². The van der Waals surface area contributed by atoms with Gasteiger partial charge in [-0.3, -0.25) is 4.79 Å². The number of amides is 1. The Kier molecular flexibility index (Phi) is 5.45. The largest absolute Gasteiger partial charge is 0.462 e. The fourth-order valence-electron chi connectivity index (χ4n) is 2.27. The van der Waals surface area contributed by atoms with Gasteiger partial charge in [-0.05, 0) is 42.8 Å². The van der Waals surface area contributed by atoms with Gasteiger partial charge in [-0.2, -0.15) is 0 Å². The van der Waals surface area contributed by atoms with Crippen LogP contribution in [0.2, 0.25) is 0 Å². The lowest BCUT2D eigenvalue weighted by Gasteiger charge is -2.02. The van der Waals surface area contributed by atoms with Crippen molar-refractivity contribution in [2.45, 2.75) is 13.3 Å². The number of halogens is 1. The van der Waals surface area contributed by atoms with E-state index in [4.69, 9.17) is 4.74 Å². The first-order valence-electron chi connectivity index (χ1n) is 7.67. The van der Waals surface area contributed by atoms with E-state index in [-0.39, 0.29) is 18.3 Å². The molecular formula is C18H15BrN2O3S. The lowest BCUT2D eigenvalue weighted by atomic mass is 10.1. The Hall–Kier alpha value is -2.25. The van der Waals surface area contributed by atoms with Crippen LogP contribution in [0.3, 0.4) is 0 Å². The Morgan fingerprint density at radius 1 is 1.20 bits per heavy atom. The third-order valence-electron chi connectivity index (χ3n) is 3.42. The van der Waals surface area contributed by atoms with E-state index >= 15 is 0 Å². The molecule has 0 aliphatic rings. The molecule has 1 amide bonds. The zero-order valence-corrected chi connectivity index (χ0v) is 15.8. The SMILES string of the molecule is CCOC(=O)c1ccc2nc(NC(=O)Cc3ccc(Br)cc3)sc2c1. The predicted octanol–water partition coefficient (Wildman–Crippen LogP) is 4.42. The molecule has 1 aromatic heterocycles. The van der Waals surface area contributed by atoms with Gasteiger partial charge in [0.25, 0.3) is 0 Å².